The Kier molecular flexibility index (Phi) is 21.4. The average molecular weight is 1040 g/mol. The summed E-state index contributed by atoms with van der Waals surface area (Å²) in [6.07, 6.45) is 5.82. The van der Waals surface area contributed by atoms with Gasteiger partial charge in [0.1, 0.15) is 12.2 Å². The molecular formula is C59H97N4O9P. The minimum atomic E-state index is -2.57. The molecule has 73 heavy (non-hydrogen) atoms. The van der Waals surface area contributed by atoms with Crippen LogP contribution in [0.1, 0.15) is 162 Å². The van der Waals surface area contributed by atoms with E-state index in [2.05, 4.69) is 95.0 Å². The summed E-state index contributed by atoms with van der Waals surface area (Å²) in [5.74, 6) is -2.06. The predicted molar refractivity (Wildman–Crippen MR) is 297 cm³/mol. The Bertz CT molecular complexity index is 2170. The third kappa shape index (κ3) is 14.8. The van der Waals surface area contributed by atoms with Crippen LogP contribution in [-0.4, -0.2) is 139 Å². The first-order chi connectivity index (χ1) is 34.1. The first-order valence-corrected chi connectivity index (χ1v) is 29.8. The molecule has 4 N–H and O–H groups in total. The topological polar surface area (TPSA) is 167 Å². The van der Waals surface area contributed by atoms with Gasteiger partial charge >= 0.3 is 273 Å². The van der Waals surface area contributed by atoms with E-state index in [4.69, 9.17) is 19.3 Å². The molecule has 0 saturated carbocycles. The number of cyclic esters (lactones) is 1. The van der Waals surface area contributed by atoms with Gasteiger partial charge in [-0.05, 0) is 60.0 Å². The molecule has 2 saturated heterocycles. The number of unbranched alkanes of at least 4 members (excludes halogenated alkanes) is 4. The summed E-state index contributed by atoms with van der Waals surface area (Å²) in [5, 5.41) is 57.2. The summed E-state index contributed by atoms with van der Waals surface area (Å²) in [6, 6.07) is 13.3. The Morgan fingerprint density at radius 3 is 1.96 bits per heavy atom. The van der Waals surface area contributed by atoms with Crippen molar-refractivity contribution >= 4 is 35.1 Å². The van der Waals surface area contributed by atoms with Crippen molar-refractivity contribution in [1.29, 1.82) is 0 Å². The zero-order valence-corrected chi connectivity index (χ0v) is 48.7. The Morgan fingerprint density at radius 1 is 0.863 bits per heavy atom. The Morgan fingerprint density at radius 2 is 1.42 bits per heavy atom. The van der Waals surface area contributed by atoms with E-state index in [1.165, 1.54) is 45.1 Å². The summed E-state index contributed by atoms with van der Waals surface area (Å²) < 4.78 is 21.0. The predicted octanol–water partition coefficient (Wildman–Crippen LogP) is 7.98. The Hall–Kier alpha value is -3.26. The minimum absolute atomic E-state index is 0.154. The van der Waals surface area contributed by atoms with Crippen molar-refractivity contribution in [3.63, 3.8) is 0 Å². The number of carbonyl (C=O) groups excluding carboxylic acids is 2. The molecule has 1 amide bonds. The van der Waals surface area contributed by atoms with Crippen molar-refractivity contribution in [3.8, 4) is 0 Å². The molecule has 5 rings (SSSR count). The van der Waals surface area contributed by atoms with Gasteiger partial charge in [-0.1, -0.05) is 20.8 Å². The number of ether oxygens (including phenoxy) is 3. The molecule has 13 atom stereocenters. The van der Waals surface area contributed by atoms with Crippen LogP contribution in [0.3, 0.4) is 0 Å². The molecule has 2 aromatic carbocycles. The number of benzene rings is 2. The first-order valence-electron chi connectivity index (χ1n) is 27.6. The third-order valence-electron chi connectivity index (χ3n) is 16.2. The summed E-state index contributed by atoms with van der Waals surface area (Å²) in [6.45, 7) is 27.6. The number of aliphatic hydroxyl groups is 4. The molecule has 0 aliphatic carbocycles. The fourth-order valence-corrected chi connectivity index (χ4v) is 17.6. The van der Waals surface area contributed by atoms with Crippen LogP contribution in [-0.2, 0) is 23.8 Å². The Labute approximate surface area is 440 Å². The fourth-order valence-electron chi connectivity index (χ4n) is 12.5. The van der Waals surface area contributed by atoms with Crippen LogP contribution < -0.4 is 15.9 Å². The molecule has 2 fully saturated rings. The molecule has 0 radical (unpaired) electrons. The number of aliphatic hydroxyl groups excluding tert-OH is 2. The van der Waals surface area contributed by atoms with Gasteiger partial charge in [0, 0.05) is 6.04 Å². The molecule has 412 valence electrons. The van der Waals surface area contributed by atoms with E-state index in [0.717, 1.165) is 31.8 Å². The van der Waals surface area contributed by atoms with Gasteiger partial charge < -0.3 is 34.4 Å². The summed E-state index contributed by atoms with van der Waals surface area (Å²) in [5.41, 5.74) is 1.65. The second-order valence-corrected chi connectivity index (χ2v) is 28.0. The molecule has 2 aliphatic rings. The zero-order valence-electron chi connectivity index (χ0n) is 47.7. The number of esters is 1. The van der Waals surface area contributed by atoms with Gasteiger partial charge in [-0.15, -0.1) is 0 Å². The molecule has 13 nitrogen and oxygen atoms in total. The monoisotopic (exact) mass is 1040 g/mol. The number of hydrogen-bond acceptors (Lipinski definition) is 11. The molecule has 3 aromatic rings. The van der Waals surface area contributed by atoms with Crippen LogP contribution in [0.2, 0.25) is 0 Å². The van der Waals surface area contributed by atoms with Crippen molar-refractivity contribution in [2.75, 3.05) is 26.8 Å². The molecule has 3 heterocycles. The number of aryl methyl sites for hydroxylation is 4. The number of nitrogens with zero attached hydrogens (tertiary/aromatic N) is 4. The molecule has 2 aliphatic heterocycles. The number of carbonyl (C=O) groups is 2. The Balaban J connectivity index is 1.37. The molecule has 0 spiro atoms. The average Bonchev–Trinajstić information content (AvgIpc) is 3.80. The summed E-state index contributed by atoms with van der Waals surface area (Å²) >= 11 is 0. The zero-order chi connectivity index (χ0) is 54.3. The van der Waals surface area contributed by atoms with Crippen LogP contribution in [0.5, 0.6) is 0 Å². The number of rotatable bonds is 16. The number of aromatic nitrogens is 2. The van der Waals surface area contributed by atoms with E-state index in [-0.39, 0.29) is 62.2 Å². The summed E-state index contributed by atoms with van der Waals surface area (Å²) in [7, 11) is 1.25. The number of likely N-dealkylation sites (N-methyl/N-ethyl adjacent to an activating group) is 1. The van der Waals surface area contributed by atoms with Crippen LogP contribution in [0, 0.1) is 45.4 Å². The van der Waals surface area contributed by atoms with Gasteiger partial charge in [-0.3, -0.25) is 4.79 Å². The van der Waals surface area contributed by atoms with E-state index in [0.29, 0.717) is 12.8 Å². The standard InChI is InChI=1S/C59H97N4O9P/c1-17-51-59(14,69)54(66)46(12)62(35-42(8)33-58(13,68)55(43(9)31-44(10)56(67)71-51)72-57-53(65)50(61(15)16)32-45(11)70-57)52(64)23-21-19-18-20-22-24-73(47-27-38(4)25-39(5)28-47,48-29-40(6)26-41(7)30-48)49-34-60-63(36-49)37(2)3/h25-30,34,36-37,42-46,50-51,53-55,57,65-66,68-69,73H,17-24,31-33,35H2,1-16H3/t42-,43+,44-,45-,46-,50+,51-,53-,54-,55-,57+,58-,59-/m1/s1. The van der Waals surface area contributed by atoms with Crippen molar-refractivity contribution in [2.24, 2.45) is 17.8 Å². The van der Waals surface area contributed by atoms with E-state index < -0.39 is 73.0 Å². The van der Waals surface area contributed by atoms with Gasteiger partial charge in [0.2, 0.25) is 0 Å². The third-order valence-corrected chi connectivity index (χ3v) is 21.1. The van der Waals surface area contributed by atoms with Crippen molar-refractivity contribution in [3.05, 3.63) is 71.0 Å². The van der Waals surface area contributed by atoms with E-state index in [1.807, 2.05) is 39.8 Å². The number of amides is 1. The smallest absolute Gasteiger partial charge is 0.383 e. The van der Waals surface area contributed by atoms with Crippen LogP contribution in [0.25, 0.3) is 0 Å². The fraction of sp³-hybridized carbons (Fsp3) is 0.712. The van der Waals surface area contributed by atoms with Crippen molar-refractivity contribution in [1.82, 2.24) is 19.6 Å². The van der Waals surface area contributed by atoms with Crippen LogP contribution in [0.15, 0.2) is 48.8 Å². The minimum Gasteiger partial charge on any atom is -0.383 e. The van der Waals surface area contributed by atoms with Gasteiger partial charge in [-0.2, -0.15) is 0 Å². The van der Waals surface area contributed by atoms with Crippen molar-refractivity contribution < 1.29 is 44.2 Å². The maximum absolute atomic E-state index is 14.6. The molecule has 1 aromatic heterocycles. The molecule has 0 unspecified atom stereocenters. The van der Waals surface area contributed by atoms with Crippen molar-refractivity contribution in [2.45, 2.75) is 227 Å². The van der Waals surface area contributed by atoms with Crippen LogP contribution >= 0.6 is 7.26 Å². The molecule has 14 heteroatoms. The van der Waals surface area contributed by atoms with Gasteiger partial charge in [0.15, 0.2) is 6.29 Å². The maximum atomic E-state index is 14.6. The summed E-state index contributed by atoms with van der Waals surface area (Å²) in [4.78, 5) is 32.0. The molecular weight excluding hydrogens is 940 g/mol. The normalized spacial score (nSPS) is 31.6. The number of hydrogen-bond donors (Lipinski definition) is 4. The van der Waals surface area contributed by atoms with E-state index in [9.17, 15) is 30.0 Å². The first kappa shape index (κ1) is 60.6. The quantitative estimate of drug-likeness (QED) is 0.0625. The van der Waals surface area contributed by atoms with Crippen LogP contribution in [0.4, 0.5) is 0 Å². The second kappa shape index (κ2) is 25.7. The second-order valence-electron chi connectivity index (χ2n) is 23.9. The van der Waals surface area contributed by atoms with Gasteiger partial charge in [0.05, 0.1) is 23.7 Å². The van der Waals surface area contributed by atoms with E-state index in [1.54, 1.807) is 32.6 Å². The van der Waals surface area contributed by atoms with Gasteiger partial charge in [0.25, 0.3) is 0 Å². The van der Waals surface area contributed by atoms with Gasteiger partial charge in [-0.25, -0.2) is 0 Å². The SMILES string of the molecule is CC[C@H]1OC(=O)[C@H](C)C[C@H](C)[C@@H](O[C@@H]2O[C@H](C)C[C@H](N(C)C)[C@H]2O)[C@](C)(O)C[C@@H](C)CN(C(=O)CCCCCCC[PH](c2cc(C)cc(C)c2)(c2cc(C)cc(C)c2)c2cnn(C(C)C)c2)[C@H](C)[C@@H](O)[C@]1(C)O. The van der Waals surface area contributed by atoms with E-state index >= 15 is 0 Å². The molecule has 0 bridgehead atoms.